The fourth-order valence-electron chi connectivity index (χ4n) is 1.74. The predicted molar refractivity (Wildman–Crippen MR) is 79.5 cm³/mol. The van der Waals surface area contributed by atoms with Crippen molar-refractivity contribution in [2.75, 3.05) is 31.5 Å². The van der Waals surface area contributed by atoms with Crippen molar-refractivity contribution in [1.82, 2.24) is 10.2 Å². The number of thiocarbonyl (C=S) groups is 1. The van der Waals surface area contributed by atoms with Crippen LogP contribution in [0.5, 0.6) is 0 Å². The van der Waals surface area contributed by atoms with Gasteiger partial charge in [-0.3, -0.25) is 0 Å². The molecule has 0 unspecified atom stereocenters. The van der Waals surface area contributed by atoms with E-state index in [1.165, 1.54) is 5.56 Å². The maximum absolute atomic E-state index is 5.40. The predicted octanol–water partition coefficient (Wildman–Crippen LogP) is 2.36. The van der Waals surface area contributed by atoms with Crippen LogP contribution in [0, 0.1) is 6.92 Å². The van der Waals surface area contributed by atoms with Gasteiger partial charge in [-0.2, -0.15) is 0 Å². The van der Waals surface area contributed by atoms with Crippen molar-refractivity contribution in [3.63, 3.8) is 0 Å². The van der Waals surface area contributed by atoms with E-state index < -0.39 is 0 Å². The Balaban J connectivity index is 1.99. The van der Waals surface area contributed by atoms with Crippen molar-refractivity contribution >= 4 is 38.9 Å². The standard InChI is InChI=1S/C12H16BrN3S/c1-9-2-3-10(8-11(9)13)15-12(17)16-6-4-14-5-7-16/h2-3,8,14H,4-7H2,1H3,(H,15,17). The Morgan fingerprint density at radius 2 is 2.12 bits per heavy atom. The highest BCUT2D eigenvalue weighted by Gasteiger charge is 2.12. The van der Waals surface area contributed by atoms with Gasteiger partial charge in [-0.1, -0.05) is 22.0 Å². The summed E-state index contributed by atoms with van der Waals surface area (Å²) in [6, 6.07) is 6.19. The second-order valence-corrected chi connectivity index (χ2v) is 5.37. The Morgan fingerprint density at radius 3 is 2.76 bits per heavy atom. The van der Waals surface area contributed by atoms with Crippen LogP contribution in [0.25, 0.3) is 0 Å². The van der Waals surface area contributed by atoms with Crippen LogP contribution < -0.4 is 10.6 Å². The van der Waals surface area contributed by atoms with Crippen molar-refractivity contribution in [2.24, 2.45) is 0 Å². The number of rotatable bonds is 1. The van der Waals surface area contributed by atoms with Gasteiger partial charge in [0.2, 0.25) is 0 Å². The van der Waals surface area contributed by atoms with Crippen LogP contribution >= 0.6 is 28.1 Å². The number of nitrogens with one attached hydrogen (secondary N) is 2. The number of anilines is 1. The zero-order valence-electron chi connectivity index (χ0n) is 9.79. The van der Waals surface area contributed by atoms with Crippen molar-refractivity contribution in [2.45, 2.75) is 6.92 Å². The smallest absolute Gasteiger partial charge is 0.173 e. The minimum atomic E-state index is 0.808. The van der Waals surface area contributed by atoms with E-state index in [0.717, 1.165) is 41.5 Å². The van der Waals surface area contributed by atoms with Gasteiger partial charge in [0.25, 0.3) is 0 Å². The number of benzene rings is 1. The van der Waals surface area contributed by atoms with Gasteiger partial charge >= 0.3 is 0 Å². The van der Waals surface area contributed by atoms with E-state index in [1.807, 2.05) is 0 Å². The van der Waals surface area contributed by atoms with Crippen LogP contribution in [0.4, 0.5) is 5.69 Å². The molecule has 5 heteroatoms. The van der Waals surface area contributed by atoms with Gasteiger partial charge in [0, 0.05) is 36.3 Å². The number of hydrogen-bond acceptors (Lipinski definition) is 2. The van der Waals surface area contributed by atoms with Gasteiger partial charge in [0.05, 0.1) is 0 Å². The molecule has 1 heterocycles. The van der Waals surface area contributed by atoms with Gasteiger partial charge < -0.3 is 15.5 Å². The van der Waals surface area contributed by atoms with Crippen LogP contribution in [0.1, 0.15) is 5.56 Å². The third-order valence-electron chi connectivity index (χ3n) is 2.83. The second-order valence-electron chi connectivity index (χ2n) is 4.13. The summed E-state index contributed by atoms with van der Waals surface area (Å²) in [5, 5.41) is 7.40. The number of aryl methyl sites for hydroxylation is 1. The lowest BCUT2D eigenvalue weighted by atomic mass is 10.2. The molecule has 0 spiro atoms. The molecule has 0 saturated carbocycles. The average molecular weight is 314 g/mol. The highest BCUT2D eigenvalue weighted by molar-refractivity contribution is 9.10. The molecule has 3 nitrogen and oxygen atoms in total. The van der Waals surface area contributed by atoms with E-state index in [4.69, 9.17) is 12.2 Å². The molecule has 1 aliphatic rings. The molecular weight excluding hydrogens is 298 g/mol. The summed E-state index contributed by atoms with van der Waals surface area (Å²) < 4.78 is 1.10. The zero-order chi connectivity index (χ0) is 12.3. The highest BCUT2D eigenvalue weighted by Crippen LogP contribution is 2.20. The summed E-state index contributed by atoms with van der Waals surface area (Å²) in [5.74, 6) is 0. The number of hydrogen-bond donors (Lipinski definition) is 2. The summed E-state index contributed by atoms with van der Waals surface area (Å²) >= 11 is 8.93. The number of nitrogens with zero attached hydrogens (tertiary/aromatic N) is 1. The number of halogens is 1. The first-order valence-electron chi connectivity index (χ1n) is 5.69. The molecule has 1 aromatic carbocycles. The first-order valence-corrected chi connectivity index (χ1v) is 6.90. The molecule has 0 aliphatic carbocycles. The van der Waals surface area contributed by atoms with E-state index in [0.29, 0.717) is 0 Å². The van der Waals surface area contributed by atoms with Crippen molar-refractivity contribution < 1.29 is 0 Å². The molecule has 1 aromatic rings. The minimum absolute atomic E-state index is 0.808. The van der Waals surface area contributed by atoms with Crippen molar-refractivity contribution in [1.29, 1.82) is 0 Å². The second kappa shape index (κ2) is 5.80. The Labute approximate surface area is 116 Å². The van der Waals surface area contributed by atoms with Crippen LogP contribution in [0.15, 0.2) is 22.7 Å². The molecule has 1 fully saturated rings. The molecular formula is C12H16BrN3S. The summed E-state index contributed by atoms with van der Waals surface area (Å²) in [6.45, 7) is 6.01. The first kappa shape index (κ1) is 12.8. The summed E-state index contributed by atoms with van der Waals surface area (Å²) in [7, 11) is 0. The first-order chi connectivity index (χ1) is 8.16. The Bertz CT molecular complexity index is 416. The van der Waals surface area contributed by atoms with E-state index in [-0.39, 0.29) is 0 Å². The van der Waals surface area contributed by atoms with Gasteiger partial charge in [-0.25, -0.2) is 0 Å². The summed E-state index contributed by atoms with van der Waals surface area (Å²) in [5.41, 5.74) is 2.26. The minimum Gasteiger partial charge on any atom is -0.346 e. The van der Waals surface area contributed by atoms with Crippen LogP contribution in [0.3, 0.4) is 0 Å². The van der Waals surface area contributed by atoms with Gasteiger partial charge in [0.1, 0.15) is 0 Å². The van der Waals surface area contributed by atoms with E-state index in [9.17, 15) is 0 Å². The van der Waals surface area contributed by atoms with E-state index >= 15 is 0 Å². The number of piperazine rings is 1. The van der Waals surface area contributed by atoms with Crippen molar-refractivity contribution in [3.8, 4) is 0 Å². The molecule has 2 rings (SSSR count). The molecule has 0 radical (unpaired) electrons. The topological polar surface area (TPSA) is 27.3 Å². The lowest BCUT2D eigenvalue weighted by molar-refractivity contribution is 0.362. The molecule has 17 heavy (non-hydrogen) atoms. The monoisotopic (exact) mass is 313 g/mol. The van der Waals surface area contributed by atoms with Crippen molar-refractivity contribution in [3.05, 3.63) is 28.2 Å². The van der Waals surface area contributed by atoms with E-state index in [2.05, 4.69) is 56.6 Å². The molecule has 0 aromatic heterocycles. The Kier molecular flexibility index (Phi) is 4.36. The Hall–Kier alpha value is -0.650. The molecule has 1 aliphatic heterocycles. The molecule has 0 bridgehead atoms. The van der Waals surface area contributed by atoms with Crippen LogP contribution in [-0.2, 0) is 0 Å². The highest BCUT2D eigenvalue weighted by atomic mass is 79.9. The molecule has 2 N–H and O–H groups in total. The van der Waals surface area contributed by atoms with Gasteiger partial charge in [0.15, 0.2) is 5.11 Å². The maximum Gasteiger partial charge on any atom is 0.173 e. The van der Waals surface area contributed by atoms with Crippen LogP contribution in [0.2, 0.25) is 0 Å². The van der Waals surface area contributed by atoms with Gasteiger partial charge in [-0.05, 0) is 36.8 Å². The Morgan fingerprint density at radius 1 is 1.41 bits per heavy atom. The quantitative estimate of drug-likeness (QED) is 0.778. The van der Waals surface area contributed by atoms with E-state index in [1.54, 1.807) is 0 Å². The molecule has 0 atom stereocenters. The normalized spacial score (nSPS) is 15.8. The van der Waals surface area contributed by atoms with Gasteiger partial charge in [-0.15, -0.1) is 0 Å². The maximum atomic E-state index is 5.40. The molecule has 1 saturated heterocycles. The average Bonchev–Trinajstić information content (AvgIpc) is 2.35. The largest absolute Gasteiger partial charge is 0.346 e. The third-order valence-corrected chi connectivity index (χ3v) is 4.04. The molecule has 92 valence electrons. The van der Waals surface area contributed by atoms with Crippen LogP contribution in [-0.4, -0.2) is 36.2 Å². The lowest BCUT2D eigenvalue weighted by Gasteiger charge is -2.30. The fourth-order valence-corrected chi connectivity index (χ4v) is 2.42. The SMILES string of the molecule is Cc1ccc(NC(=S)N2CCNCC2)cc1Br. The fraction of sp³-hybridized carbons (Fsp3) is 0.417. The third kappa shape index (κ3) is 3.40. The molecule has 0 amide bonds. The summed E-state index contributed by atoms with van der Waals surface area (Å²) in [4.78, 5) is 2.19. The lowest BCUT2D eigenvalue weighted by Crippen LogP contribution is -2.47. The summed E-state index contributed by atoms with van der Waals surface area (Å²) in [6.07, 6.45) is 0. The zero-order valence-corrected chi connectivity index (χ0v) is 12.2.